The van der Waals surface area contributed by atoms with Crippen LogP contribution in [0.4, 0.5) is 10.6 Å². The average molecular weight is 483 g/mol. The van der Waals surface area contributed by atoms with Gasteiger partial charge in [0, 0.05) is 37.9 Å². The lowest BCUT2D eigenvalue weighted by atomic mass is 10.1. The highest BCUT2D eigenvalue weighted by atomic mass is 16.6. The zero-order valence-electron chi connectivity index (χ0n) is 20.8. The molecule has 4 rings (SSSR count). The van der Waals surface area contributed by atoms with Crippen LogP contribution in [0.2, 0.25) is 0 Å². The molecule has 3 aromatic heterocycles. The van der Waals surface area contributed by atoms with Crippen molar-refractivity contribution in [2.45, 2.75) is 65.3 Å². The quantitative estimate of drug-likeness (QED) is 0.540. The van der Waals surface area contributed by atoms with Crippen molar-refractivity contribution in [3.8, 4) is 11.4 Å². The highest BCUT2D eigenvalue weighted by Crippen LogP contribution is 2.29. The molecule has 1 fully saturated rings. The molecule has 186 valence electrons. The normalized spacial score (nSPS) is 18.1. The van der Waals surface area contributed by atoms with Crippen LogP contribution in [0.25, 0.3) is 22.6 Å². The maximum absolute atomic E-state index is 12.8. The summed E-state index contributed by atoms with van der Waals surface area (Å²) in [5, 5.41) is 3.35. The van der Waals surface area contributed by atoms with Crippen molar-refractivity contribution in [2.24, 2.45) is 0 Å². The Balaban J connectivity index is 1.64. The summed E-state index contributed by atoms with van der Waals surface area (Å²) in [5.41, 5.74) is 1.32. The van der Waals surface area contributed by atoms with Gasteiger partial charge in [-0.2, -0.15) is 0 Å². The molecule has 12 heteroatoms. The number of anilines is 1. The van der Waals surface area contributed by atoms with Crippen LogP contribution in [0.15, 0.2) is 18.7 Å². The maximum atomic E-state index is 12.8. The van der Waals surface area contributed by atoms with Crippen LogP contribution in [-0.2, 0) is 20.8 Å². The Bertz CT molecular complexity index is 1230. The molecule has 0 radical (unpaired) electrons. The number of esters is 1. The molecular weight excluding hydrogens is 452 g/mol. The Morgan fingerprint density at radius 3 is 2.51 bits per heavy atom. The largest absolute Gasteiger partial charge is 0.467 e. The minimum absolute atomic E-state index is 0.243. The Kier molecular flexibility index (Phi) is 6.55. The molecular formula is C23H30N8O4. The van der Waals surface area contributed by atoms with E-state index in [-0.39, 0.29) is 12.6 Å². The first-order valence-electron chi connectivity index (χ1n) is 11.5. The van der Waals surface area contributed by atoms with Gasteiger partial charge in [-0.05, 0) is 34.6 Å². The number of hydrogen-bond acceptors (Lipinski definition) is 10. The first-order chi connectivity index (χ1) is 16.6. The predicted molar refractivity (Wildman–Crippen MR) is 128 cm³/mol. The number of nitrogens with one attached hydrogen (secondary N) is 1. The monoisotopic (exact) mass is 482 g/mol. The molecule has 1 amide bonds. The van der Waals surface area contributed by atoms with Gasteiger partial charge in [0.2, 0.25) is 0 Å². The molecule has 35 heavy (non-hydrogen) atoms. The van der Waals surface area contributed by atoms with E-state index < -0.39 is 23.7 Å². The number of carbonyl (C=O) groups excluding carboxylic acids is 2. The van der Waals surface area contributed by atoms with Crippen LogP contribution in [0.5, 0.6) is 0 Å². The average Bonchev–Trinajstić information content (AvgIpc) is 3.40. The number of aromatic nitrogens is 6. The molecule has 1 aliphatic rings. The molecule has 1 saturated heterocycles. The van der Waals surface area contributed by atoms with Crippen molar-refractivity contribution >= 4 is 29.0 Å². The van der Waals surface area contributed by atoms with E-state index >= 15 is 0 Å². The number of aryl methyl sites for hydroxylation is 2. The number of methoxy groups -OCH3 is 1. The third kappa shape index (κ3) is 5.00. The molecule has 0 saturated carbocycles. The molecule has 3 aromatic rings. The molecule has 2 atom stereocenters. The number of amides is 1. The van der Waals surface area contributed by atoms with Crippen molar-refractivity contribution in [3.05, 3.63) is 24.5 Å². The maximum Gasteiger partial charge on any atom is 0.411 e. The fraction of sp³-hybridized carbons (Fsp3) is 0.522. The smallest absolute Gasteiger partial charge is 0.411 e. The standard InChI is InChI=1S/C23H30N8O4/c1-7-30-19(14-9-24-13(2)25-10-14)29-17-18(26-12-27-20(17)30)28-15-8-16(21(32)34-6)31(11-15)22(33)35-23(3,4)5/h9-10,12,15-16H,7-8,11H2,1-6H3,(H,26,27,28)/t15?,16-/m1/s1. The molecule has 0 aromatic carbocycles. The van der Waals surface area contributed by atoms with Gasteiger partial charge in [0.15, 0.2) is 17.0 Å². The zero-order chi connectivity index (χ0) is 25.3. The summed E-state index contributed by atoms with van der Waals surface area (Å²) >= 11 is 0. The van der Waals surface area contributed by atoms with Gasteiger partial charge in [0.05, 0.1) is 12.7 Å². The lowest BCUT2D eigenvalue weighted by molar-refractivity contribution is -0.145. The minimum atomic E-state index is -0.766. The second-order valence-corrected chi connectivity index (χ2v) is 9.34. The summed E-state index contributed by atoms with van der Waals surface area (Å²) in [5.74, 6) is 1.37. The van der Waals surface area contributed by atoms with Crippen molar-refractivity contribution in [2.75, 3.05) is 19.0 Å². The highest BCUT2D eigenvalue weighted by molar-refractivity contribution is 5.87. The predicted octanol–water partition coefficient (Wildman–Crippen LogP) is 2.57. The summed E-state index contributed by atoms with van der Waals surface area (Å²) < 4.78 is 12.4. The Morgan fingerprint density at radius 2 is 1.89 bits per heavy atom. The second-order valence-electron chi connectivity index (χ2n) is 9.34. The number of likely N-dealkylation sites (tertiary alicyclic amines) is 1. The van der Waals surface area contributed by atoms with Crippen molar-refractivity contribution < 1.29 is 19.1 Å². The van der Waals surface area contributed by atoms with E-state index in [4.69, 9.17) is 14.5 Å². The molecule has 4 heterocycles. The topological polar surface area (TPSA) is 137 Å². The van der Waals surface area contributed by atoms with E-state index in [1.54, 1.807) is 33.2 Å². The van der Waals surface area contributed by atoms with Crippen LogP contribution in [0, 0.1) is 6.92 Å². The van der Waals surface area contributed by atoms with Gasteiger partial charge in [-0.3, -0.25) is 4.90 Å². The first-order valence-corrected chi connectivity index (χ1v) is 11.5. The van der Waals surface area contributed by atoms with Gasteiger partial charge in [-0.1, -0.05) is 0 Å². The fourth-order valence-corrected chi connectivity index (χ4v) is 4.09. The molecule has 1 N–H and O–H groups in total. The number of ether oxygens (including phenoxy) is 2. The number of nitrogens with zero attached hydrogens (tertiary/aromatic N) is 7. The third-order valence-electron chi connectivity index (χ3n) is 5.63. The van der Waals surface area contributed by atoms with Gasteiger partial charge < -0.3 is 19.4 Å². The fourth-order valence-electron chi connectivity index (χ4n) is 4.09. The first kappa shape index (κ1) is 24.3. The van der Waals surface area contributed by atoms with Crippen molar-refractivity contribution in [1.82, 2.24) is 34.4 Å². The summed E-state index contributed by atoms with van der Waals surface area (Å²) in [6.07, 6.45) is 4.69. The Labute approximate surface area is 203 Å². The van der Waals surface area contributed by atoms with Gasteiger partial charge in [-0.15, -0.1) is 0 Å². The molecule has 0 bridgehead atoms. The highest BCUT2D eigenvalue weighted by Gasteiger charge is 2.42. The molecule has 0 spiro atoms. The summed E-state index contributed by atoms with van der Waals surface area (Å²) in [7, 11) is 1.30. The summed E-state index contributed by atoms with van der Waals surface area (Å²) in [4.78, 5) is 48.8. The number of imidazole rings is 1. The minimum Gasteiger partial charge on any atom is -0.467 e. The van der Waals surface area contributed by atoms with E-state index in [9.17, 15) is 9.59 Å². The molecule has 1 unspecified atom stereocenters. The van der Waals surface area contributed by atoms with Gasteiger partial charge in [-0.25, -0.2) is 34.5 Å². The SMILES string of the molecule is CCn1c(-c2cnc(C)nc2)nc2c(NC3C[C@H](C(=O)OC)N(C(=O)OC(C)(C)C)C3)ncnc21. The van der Waals surface area contributed by atoms with E-state index in [1.807, 2.05) is 18.4 Å². The lowest BCUT2D eigenvalue weighted by Gasteiger charge is -2.27. The molecule has 1 aliphatic heterocycles. The molecule has 12 nitrogen and oxygen atoms in total. The lowest BCUT2D eigenvalue weighted by Crippen LogP contribution is -2.44. The van der Waals surface area contributed by atoms with Crippen LogP contribution in [-0.4, -0.2) is 77.8 Å². The Hall–Kier alpha value is -3.83. The number of carbonyl (C=O) groups is 2. The van der Waals surface area contributed by atoms with E-state index in [0.29, 0.717) is 41.6 Å². The Morgan fingerprint density at radius 1 is 1.17 bits per heavy atom. The van der Waals surface area contributed by atoms with Crippen LogP contribution in [0.1, 0.15) is 39.9 Å². The summed E-state index contributed by atoms with van der Waals surface area (Å²) in [6, 6.07) is -1.04. The van der Waals surface area contributed by atoms with Crippen LogP contribution >= 0.6 is 0 Å². The van der Waals surface area contributed by atoms with Gasteiger partial charge >= 0.3 is 12.1 Å². The zero-order valence-corrected chi connectivity index (χ0v) is 20.8. The van der Waals surface area contributed by atoms with E-state index in [1.165, 1.54) is 18.3 Å². The van der Waals surface area contributed by atoms with Crippen molar-refractivity contribution in [3.63, 3.8) is 0 Å². The van der Waals surface area contributed by atoms with E-state index in [0.717, 1.165) is 5.56 Å². The number of hydrogen-bond donors (Lipinski definition) is 1. The molecule has 0 aliphatic carbocycles. The summed E-state index contributed by atoms with van der Waals surface area (Å²) in [6.45, 7) is 10.0. The van der Waals surface area contributed by atoms with Gasteiger partial charge in [0.25, 0.3) is 0 Å². The number of fused-ring (bicyclic) bond motifs is 1. The third-order valence-corrected chi connectivity index (χ3v) is 5.63. The van der Waals surface area contributed by atoms with Gasteiger partial charge in [0.1, 0.15) is 29.6 Å². The van der Waals surface area contributed by atoms with Crippen molar-refractivity contribution in [1.29, 1.82) is 0 Å². The van der Waals surface area contributed by atoms with Crippen LogP contribution in [0.3, 0.4) is 0 Å². The van der Waals surface area contributed by atoms with E-state index in [2.05, 4.69) is 25.3 Å². The number of rotatable bonds is 5. The van der Waals surface area contributed by atoms with Crippen LogP contribution < -0.4 is 5.32 Å². The second kappa shape index (κ2) is 9.43.